The average molecular weight is 367 g/mol. The smallest absolute Gasteiger partial charge is 0.263 e. The molecule has 0 unspecified atom stereocenters. The molecule has 0 atom stereocenters. The van der Waals surface area contributed by atoms with Crippen molar-refractivity contribution in [3.8, 4) is 0 Å². The molecule has 3 aromatic rings. The fourth-order valence-corrected chi connectivity index (χ4v) is 3.73. The molecule has 134 valence electrons. The first-order valence-electron chi connectivity index (χ1n) is 8.23. The molecule has 0 spiro atoms. The van der Waals surface area contributed by atoms with E-state index in [1.165, 1.54) is 5.56 Å². The molecule has 0 bridgehead atoms. The highest BCUT2D eigenvalue weighted by atomic mass is 32.2. The molecule has 5 nitrogen and oxygen atoms in total. The van der Waals surface area contributed by atoms with Gasteiger partial charge in [0.1, 0.15) is 5.82 Å². The Morgan fingerprint density at radius 1 is 0.885 bits per heavy atom. The Labute approximate surface area is 154 Å². The van der Waals surface area contributed by atoms with Crippen LogP contribution in [0.3, 0.4) is 0 Å². The quantitative estimate of drug-likeness (QED) is 0.694. The van der Waals surface area contributed by atoms with Gasteiger partial charge in [-0.15, -0.1) is 0 Å². The lowest BCUT2D eigenvalue weighted by molar-refractivity contribution is 0.601. The molecular weight excluding hydrogens is 346 g/mol. The van der Waals surface area contributed by atoms with Crippen molar-refractivity contribution in [2.45, 2.75) is 25.7 Å². The van der Waals surface area contributed by atoms with Gasteiger partial charge >= 0.3 is 0 Å². The van der Waals surface area contributed by atoms with Crippen molar-refractivity contribution in [1.82, 2.24) is 4.98 Å². The Kier molecular flexibility index (Phi) is 4.95. The summed E-state index contributed by atoms with van der Waals surface area (Å²) in [7, 11) is -3.65. The third-order valence-electron chi connectivity index (χ3n) is 3.96. The molecule has 2 aromatic carbocycles. The lowest BCUT2D eigenvalue weighted by atomic mass is 10.1. The molecule has 0 radical (unpaired) electrons. The highest BCUT2D eigenvalue weighted by Gasteiger charge is 2.14. The first-order chi connectivity index (χ1) is 12.3. The Morgan fingerprint density at radius 3 is 2.31 bits per heavy atom. The van der Waals surface area contributed by atoms with Crippen LogP contribution in [0.5, 0.6) is 0 Å². The molecular formula is C20H21N3O2S. The monoisotopic (exact) mass is 367 g/mol. The van der Waals surface area contributed by atoms with Crippen molar-refractivity contribution >= 4 is 27.2 Å². The SMILES string of the molecule is Cc1cccc(S(=O)(=O)Nc2ccc(Nc3ccc(C)cc3C)cn2)c1. The van der Waals surface area contributed by atoms with Crippen molar-refractivity contribution in [3.05, 3.63) is 77.5 Å². The number of aromatic nitrogens is 1. The van der Waals surface area contributed by atoms with E-state index in [1.807, 2.05) is 39.0 Å². The van der Waals surface area contributed by atoms with Crippen LogP contribution < -0.4 is 10.0 Å². The van der Waals surface area contributed by atoms with Crippen LogP contribution in [0, 0.1) is 20.8 Å². The van der Waals surface area contributed by atoms with Gasteiger partial charge in [0.15, 0.2) is 0 Å². The summed E-state index contributed by atoms with van der Waals surface area (Å²) in [6, 6.07) is 16.3. The van der Waals surface area contributed by atoms with Crippen LogP contribution in [0.1, 0.15) is 16.7 Å². The Hall–Kier alpha value is -2.86. The van der Waals surface area contributed by atoms with E-state index in [4.69, 9.17) is 0 Å². The molecule has 0 saturated carbocycles. The summed E-state index contributed by atoms with van der Waals surface area (Å²) in [4.78, 5) is 4.42. The van der Waals surface area contributed by atoms with E-state index >= 15 is 0 Å². The fraction of sp³-hybridized carbons (Fsp3) is 0.150. The van der Waals surface area contributed by atoms with Gasteiger partial charge in [-0.2, -0.15) is 0 Å². The van der Waals surface area contributed by atoms with E-state index in [2.05, 4.69) is 21.1 Å². The van der Waals surface area contributed by atoms with Gasteiger partial charge in [0.25, 0.3) is 10.0 Å². The molecule has 6 heteroatoms. The van der Waals surface area contributed by atoms with Gasteiger partial charge < -0.3 is 5.32 Å². The van der Waals surface area contributed by atoms with Crippen LogP contribution in [0.2, 0.25) is 0 Å². The van der Waals surface area contributed by atoms with Crippen molar-refractivity contribution < 1.29 is 8.42 Å². The van der Waals surface area contributed by atoms with Crippen LogP contribution in [0.4, 0.5) is 17.2 Å². The molecule has 0 aliphatic heterocycles. The lowest BCUT2D eigenvalue weighted by Gasteiger charge is -2.11. The van der Waals surface area contributed by atoms with Gasteiger partial charge in [-0.05, 0) is 62.2 Å². The lowest BCUT2D eigenvalue weighted by Crippen LogP contribution is -2.14. The predicted molar refractivity (Wildman–Crippen MR) is 105 cm³/mol. The second-order valence-electron chi connectivity index (χ2n) is 6.30. The van der Waals surface area contributed by atoms with Gasteiger partial charge in [-0.3, -0.25) is 4.72 Å². The van der Waals surface area contributed by atoms with E-state index in [0.717, 1.165) is 22.5 Å². The average Bonchev–Trinajstić information content (AvgIpc) is 2.59. The van der Waals surface area contributed by atoms with Crippen LogP contribution in [-0.2, 0) is 10.0 Å². The third kappa shape index (κ3) is 4.21. The minimum atomic E-state index is -3.65. The molecule has 1 heterocycles. The second-order valence-corrected chi connectivity index (χ2v) is 7.98. The molecule has 0 aliphatic rings. The van der Waals surface area contributed by atoms with Gasteiger partial charge in [0.2, 0.25) is 0 Å². The van der Waals surface area contributed by atoms with E-state index in [9.17, 15) is 8.42 Å². The zero-order valence-corrected chi connectivity index (χ0v) is 15.8. The number of benzene rings is 2. The van der Waals surface area contributed by atoms with E-state index in [0.29, 0.717) is 0 Å². The normalized spacial score (nSPS) is 11.2. The molecule has 0 amide bonds. The maximum absolute atomic E-state index is 12.4. The van der Waals surface area contributed by atoms with Gasteiger partial charge in [-0.1, -0.05) is 29.8 Å². The van der Waals surface area contributed by atoms with Crippen molar-refractivity contribution in [1.29, 1.82) is 0 Å². The number of anilines is 3. The highest BCUT2D eigenvalue weighted by Crippen LogP contribution is 2.22. The number of nitrogens with zero attached hydrogens (tertiary/aromatic N) is 1. The molecule has 0 aliphatic carbocycles. The largest absolute Gasteiger partial charge is 0.354 e. The number of pyridine rings is 1. The van der Waals surface area contributed by atoms with Gasteiger partial charge in [0, 0.05) is 5.69 Å². The Morgan fingerprint density at radius 2 is 1.65 bits per heavy atom. The highest BCUT2D eigenvalue weighted by molar-refractivity contribution is 7.92. The summed E-state index contributed by atoms with van der Waals surface area (Å²) in [5.74, 6) is 0.276. The number of hydrogen-bond acceptors (Lipinski definition) is 4. The zero-order chi connectivity index (χ0) is 18.7. The summed E-state index contributed by atoms with van der Waals surface area (Å²) in [6.45, 7) is 5.94. The maximum atomic E-state index is 12.4. The number of aryl methyl sites for hydroxylation is 3. The van der Waals surface area contributed by atoms with Crippen molar-refractivity contribution in [2.75, 3.05) is 10.0 Å². The number of sulfonamides is 1. The van der Waals surface area contributed by atoms with E-state index < -0.39 is 10.0 Å². The van der Waals surface area contributed by atoms with Gasteiger partial charge in [-0.25, -0.2) is 13.4 Å². The predicted octanol–water partition coefficient (Wildman–Crippen LogP) is 4.55. The van der Waals surface area contributed by atoms with Crippen LogP contribution >= 0.6 is 0 Å². The van der Waals surface area contributed by atoms with Gasteiger partial charge in [0.05, 0.1) is 16.8 Å². The van der Waals surface area contributed by atoms with E-state index in [1.54, 1.807) is 36.5 Å². The topological polar surface area (TPSA) is 71.1 Å². The standard InChI is InChI=1S/C20H21N3O2S/c1-14-5-4-6-18(12-14)26(24,25)23-20-10-8-17(13-21-20)22-19-9-7-15(2)11-16(19)3/h4-13,22H,1-3H3,(H,21,23). The molecule has 0 saturated heterocycles. The summed E-state index contributed by atoms with van der Waals surface area (Å²) in [5.41, 5.74) is 5.00. The van der Waals surface area contributed by atoms with Crippen LogP contribution in [0.15, 0.2) is 65.7 Å². The number of hydrogen-bond donors (Lipinski definition) is 2. The molecule has 3 rings (SSSR count). The first-order valence-corrected chi connectivity index (χ1v) is 9.72. The van der Waals surface area contributed by atoms with Crippen molar-refractivity contribution in [2.24, 2.45) is 0 Å². The minimum Gasteiger partial charge on any atom is -0.354 e. The van der Waals surface area contributed by atoms with Crippen LogP contribution in [0.25, 0.3) is 0 Å². The van der Waals surface area contributed by atoms with E-state index in [-0.39, 0.29) is 10.7 Å². The second kappa shape index (κ2) is 7.17. The number of rotatable bonds is 5. The van der Waals surface area contributed by atoms with Crippen molar-refractivity contribution in [3.63, 3.8) is 0 Å². The summed E-state index contributed by atoms with van der Waals surface area (Å²) in [6.07, 6.45) is 1.60. The molecule has 2 N–H and O–H groups in total. The van der Waals surface area contributed by atoms with Crippen LogP contribution in [-0.4, -0.2) is 13.4 Å². The Bertz CT molecular complexity index is 1030. The maximum Gasteiger partial charge on any atom is 0.263 e. The number of nitrogens with one attached hydrogen (secondary N) is 2. The molecule has 0 fully saturated rings. The summed E-state index contributed by atoms with van der Waals surface area (Å²) >= 11 is 0. The fourth-order valence-electron chi connectivity index (χ4n) is 2.62. The molecule has 1 aromatic heterocycles. The Balaban J connectivity index is 1.75. The zero-order valence-electron chi connectivity index (χ0n) is 14.9. The third-order valence-corrected chi connectivity index (χ3v) is 5.32. The minimum absolute atomic E-state index is 0.219. The summed E-state index contributed by atoms with van der Waals surface area (Å²) in [5, 5.41) is 3.29. The molecule has 26 heavy (non-hydrogen) atoms. The first kappa shape index (κ1) is 17.9. The summed E-state index contributed by atoms with van der Waals surface area (Å²) < 4.78 is 27.4.